The number of rotatable bonds is 11. The van der Waals surface area contributed by atoms with E-state index < -0.39 is 22.5 Å². The van der Waals surface area contributed by atoms with Gasteiger partial charge in [-0.05, 0) is 36.4 Å². The number of benzene rings is 3. The van der Waals surface area contributed by atoms with Crippen LogP contribution >= 0.6 is 23.1 Å². The Kier molecular flexibility index (Phi) is 8.34. The average molecular weight is 544 g/mol. The maximum Gasteiger partial charge on any atom is 0.264 e. The molecule has 0 spiro atoms. The van der Waals surface area contributed by atoms with Crippen molar-refractivity contribution in [2.45, 2.75) is 9.24 Å². The number of anilines is 1. The largest absolute Gasteiger partial charge is 0.497 e. The number of sulfonamides is 1. The molecule has 0 atom stereocenters. The molecule has 188 valence electrons. The fourth-order valence-corrected chi connectivity index (χ4v) is 6.88. The van der Waals surface area contributed by atoms with Crippen LogP contribution in [0.5, 0.6) is 11.5 Å². The molecule has 11 heteroatoms. The maximum absolute atomic E-state index is 13.5. The van der Waals surface area contributed by atoms with Crippen LogP contribution in [0.2, 0.25) is 0 Å². The number of nitrogens with one attached hydrogen (secondary N) is 1. The Morgan fingerprint density at radius 1 is 1.03 bits per heavy atom. The van der Waals surface area contributed by atoms with Crippen molar-refractivity contribution in [2.75, 3.05) is 37.4 Å². The van der Waals surface area contributed by atoms with Crippen LogP contribution in [-0.2, 0) is 14.8 Å². The van der Waals surface area contributed by atoms with Crippen molar-refractivity contribution in [3.05, 3.63) is 72.8 Å². The summed E-state index contributed by atoms with van der Waals surface area (Å²) in [4.78, 5) is 17.5. The van der Waals surface area contributed by atoms with Crippen LogP contribution in [0.25, 0.3) is 10.2 Å². The number of aromatic nitrogens is 1. The van der Waals surface area contributed by atoms with Gasteiger partial charge in [-0.2, -0.15) is 0 Å². The molecule has 1 amide bonds. The second-order valence-corrected chi connectivity index (χ2v) is 11.7. The van der Waals surface area contributed by atoms with Gasteiger partial charge in [0, 0.05) is 18.4 Å². The number of methoxy groups -OCH3 is 2. The second-order valence-electron chi connectivity index (χ2n) is 7.51. The molecule has 4 aromatic rings. The number of hydrogen-bond acceptors (Lipinski definition) is 8. The predicted molar refractivity (Wildman–Crippen MR) is 144 cm³/mol. The van der Waals surface area contributed by atoms with Gasteiger partial charge in [-0.15, -0.1) is 11.3 Å². The van der Waals surface area contributed by atoms with Gasteiger partial charge in [-0.1, -0.05) is 42.1 Å². The van der Waals surface area contributed by atoms with Crippen molar-refractivity contribution in [2.24, 2.45) is 0 Å². The van der Waals surface area contributed by atoms with Crippen molar-refractivity contribution in [3.63, 3.8) is 0 Å². The van der Waals surface area contributed by atoms with Gasteiger partial charge in [-0.25, -0.2) is 13.4 Å². The van der Waals surface area contributed by atoms with E-state index in [1.807, 2.05) is 24.3 Å². The minimum atomic E-state index is -4.05. The highest BCUT2D eigenvalue weighted by Gasteiger charge is 2.29. The van der Waals surface area contributed by atoms with E-state index >= 15 is 0 Å². The van der Waals surface area contributed by atoms with Crippen molar-refractivity contribution in [3.8, 4) is 11.5 Å². The zero-order valence-corrected chi connectivity index (χ0v) is 22.2. The van der Waals surface area contributed by atoms with E-state index in [0.29, 0.717) is 18.0 Å². The summed E-state index contributed by atoms with van der Waals surface area (Å²) in [7, 11) is -1.11. The molecule has 0 aliphatic heterocycles. The third kappa shape index (κ3) is 5.92. The van der Waals surface area contributed by atoms with Crippen LogP contribution in [0, 0.1) is 0 Å². The van der Waals surface area contributed by atoms with Gasteiger partial charge in [0.15, 0.2) is 4.34 Å². The van der Waals surface area contributed by atoms with Gasteiger partial charge in [0.25, 0.3) is 10.0 Å². The summed E-state index contributed by atoms with van der Waals surface area (Å²) in [6.45, 7) is -0.0515. The second kappa shape index (κ2) is 11.6. The first-order chi connectivity index (χ1) is 17.4. The molecule has 36 heavy (non-hydrogen) atoms. The molecule has 0 aliphatic carbocycles. The lowest BCUT2D eigenvalue weighted by atomic mass is 10.2. The first-order valence-corrected chi connectivity index (χ1v) is 14.2. The van der Waals surface area contributed by atoms with Gasteiger partial charge >= 0.3 is 0 Å². The van der Waals surface area contributed by atoms with Crippen molar-refractivity contribution in [1.82, 2.24) is 10.3 Å². The minimum absolute atomic E-state index is 0.0714. The Hall–Kier alpha value is -3.28. The van der Waals surface area contributed by atoms with Crippen LogP contribution in [0.15, 0.2) is 82.0 Å². The van der Waals surface area contributed by atoms with Crippen molar-refractivity contribution in [1.29, 1.82) is 0 Å². The van der Waals surface area contributed by atoms with E-state index in [9.17, 15) is 13.2 Å². The SMILES string of the molecule is COc1ccc(N(CC(=O)NCCSc2nc3ccccc3s2)S(=O)(=O)c2ccccc2)c(OC)c1. The molecular weight excluding hydrogens is 518 g/mol. The summed E-state index contributed by atoms with van der Waals surface area (Å²) in [6, 6.07) is 20.7. The molecule has 0 radical (unpaired) electrons. The zero-order valence-electron chi connectivity index (χ0n) is 19.7. The van der Waals surface area contributed by atoms with Gasteiger partial charge in [0.05, 0.1) is 35.0 Å². The van der Waals surface area contributed by atoms with E-state index in [2.05, 4.69) is 10.3 Å². The number of carbonyl (C=O) groups is 1. The summed E-state index contributed by atoms with van der Waals surface area (Å²) in [5.41, 5.74) is 1.19. The number of thioether (sulfide) groups is 1. The van der Waals surface area contributed by atoms with Gasteiger partial charge in [-0.3, -0.25) is 9.10 Å². The molecule has 0 saturated heterocycles. The molecule has 3 aromatic carbocycles. The average Bonchev–Trinajstić information content (AvgIpc) is 3.33. The lowest BCUT2D eigenvalue weighted by Crippen LogP contribution is -2.41. The summed E-state index contributed by atoms with van der Waals surface area (Å²) >= 11 is 3.14. The number of nitrogens with zero attached hydrogens (tertiary/aromatic N) is 2. The van der Waals surface area contributed by atoms with Gasteiger partial charge < -0.3 is 14.8 Å². The smallest absolute Gasteiger partial charge is 0.264 e. The number of amides is 1. The predicted octanol–water partition coefficient (Wildman–Crippen LogP) is 4.42. The molecule has 0 aliphatic rings. The summed E-state index contributed by atoms with van der Waals surface area (Å²) in [5, 5.41) is 2.82. The third-order valence-electron chi connectivity index (χ3n) is 5.20. The highest BCUT2D eigenvalue weighted by atomic mass is 32.2. The third-order valence-corrected chi connectivity index (χ3v) is 9.15. The first-order valence-electron chi connectivity index (χ1n) is 11.0. The highest BCUT2D eigenvalue weighted by molar-refractivity contribution is 8.01. The van der Waals surface area contributed by atoms with Crippen LogP contribution in [0.1, 0.15) is 0 Å². The monoisotopic (exact) mass is 543 g/mol. The number of carbonyl (C=O) groups excluding carboxylic acids is 1. The molecule has 1 aromatic heterocycles. The Morgan fingerprint density at radius 3 is 2.50 bits per heavy atom. The number of thiazole rings is 1. The van der Waals surface area contributed by atoms with Gasteiger partial charge in [0.2, 0.25) is 5.91 Å². The van der Waals surface area contributed by atoms with Crippen LogP contribution in [0.4, 0.5) is 5.69 Å². The molecule has 0 fully saturated rings. The van der Waals surface area contributed by atoms with E-state index in [1.165, 1.54) is 26.4 Å². The normalized spacial score (nSPS) is 11.3. The minimum Gasteiger partial charge on any atom is -0.497 e. The lowest BCUT2D eigenvalue weighted by Gasteiger charge is -2.26. The maximum atomic E-state index is 13.5. The fraction of sp³-hybridized carbons (Fsp3) is 0.200. The number of hydrogen-bond donors (Lipinski definition) is 1. The van der Waals surface area contributed by atoms with Gasteiger partial charge in [0.1, 0.15) is 18.0 Å². The highest BCUT2D eigenvalue weighted by Crippen LogP contribution is 2.35. The van der Waals surface area contributed by atoms with Crippen LogP contribution in [-0.4, -0.2) is 52.4 Å². The summed E-state index contributed by atoms with van der Waals surface area (Å²) in [6.07, 6.45) is 0. The Morgan fingerprint density at radius 2 is 1.78 bits per heavy atom. The first kappa shape index (κ1) is 25.8. The Bertz CT molecular complexity index is 1410. The quantitative estimate of drug-likeness (QED) is 0.221. The molecular formula is C25H25N3O5S3. The zero-order chi connectivity index (χ0) is 25.5. The molecule has 0 bridgehead atoms. The van der Waals surface area contributed by atoms with E-state index in [1.54, 1.807) is 59.5 Å². The number of ether oxygens (including phenoxy) is 2. The topological polar surface area (TPSA) is 97.8 Å². The number of fused-ring (bicyclic) bond motifs is 1. The standard InChI is InChI=1S/C25H25N3O5S3/c1-32-18-12-13-21(22(16-18)33-2)28(36(30,31)19-8-4-3-5-9-19)17-24(29)26-14-15-34-25-27-20-10-6-7-11-23(20)35-25/h3-13,16H,14-15,17H2,1-2H3,(H,26,29). The van der Waals surface area contributed by atoms with E-state index in [-0.39, 0.29) is 16.3 Å². The Balaban J connectivity index is 1.48. The molecule has 1 N–H and O–H groups in total. The summed E-state index contributed by atoms with van der Waals surface area (Å²) in [5.74, 6) is 0.942. The summed E-state index contributed by atoms with van der Waals surface area (Å²) < 4.78 is 40.8. The van der Waals surface area contributed by atoms with Crippen LogP contribution in [0.3, 0.4) is 0 Å². The molecule has 1 heterocycles. The molecule has 0 unspecified atom stereocenters. The molecule has 8 nitrogen and oxygen atoms in total. The number of para-hydroxylation sites is 1. The van der Waals surface area contributed by atoms with E-state index in [4.69, 9.17) is 9.47 Å². The molecule has 4 rings (SSSR count). The Labute approximate surface area is 218 Å². The lowest BCUT2D eigenvalue weighted by molar-refractivity contribution is -0.119. The molecule has 0 saturated carbocycles. The van der Waals surface area contributed by atoms with Crippen molar-refractivity contribution < 1.29 is 22.7 Å². The van der Waals surface area contributed by atoms with Crippen LogP contribution < -0.4 is 19.1 Å². The fourth-order valence-electron chi connectivity index (χ4n) is 3.44. The van der Waals surface area contributed by atoms with E-state index in [0.717, 1.165) is 18.9 Å². The van der Waals surface area contributed by atoms with Crippen molar-refractivity contribution >= 4 is 54.9 Å².